The SMILES string of the molecule is CC1(n2c(CO)nnc2SCC(=O)O)CCCCC1. The zero-order chi connectivity index (χ0) is 13.9. The summed E-state index contributed by atoms with van der Waals surface area (Å²) in [6.07, 6.45) is 5.53. The first kappa shape index (κ1) is 14.3. The van der Waals surface area contributed by atoms with Crippen LogP contribution in [0.15, 0.2) is 5.16 Å². The van der Waals surface area contributed by atoms with Gasteiger partial charge in [-0.05, 0) is 19.8 Å². The molecule has 0 spiro atoms. The predicted molar refractivity (Wildman–Crippen MR) is 71.0 cm³/mol. The van der Waals surface area contributed by atoms with Crippen molar-refractivity contribution >= 4 is 17.7 Å². The largest absolute Gasteiger partial charge is 0.481 e. The van der Waals surface area contributed by atoms with Crippen molar-refractivity contribution in [2.24, 2.45) is 0 Å². The molecule has 19 heavy (non-hydrogen) atoms. The van der Waals surface area contributed by atoms with Gasteiger partial charge in [-0.1, -0.05) is 31.0 Å². The van der Waals surface area contributed by atoms with E-state index in [0.29, 0.717) is 11.0 Å². The van der Waals surface area contributed by atoms with Crippen molar-refractivity contribution in [2.75, 3.05) is 5.75 Å². The minimum Gasteiger partial charge on any atom is -0.481 e. The molecule has 0 radical (unpaired) electrons. The highest BCUT2D eigenvalue weighted by Crippen LogP contribution is 2.37. The highest BCUT2D eigenvalue weighted by atomic mass is 32.2. The maximum atomic E-state index is 10.7. The van der Waals surface area contributed by atoms with Crippen LogP contribution in [-0.4, -0.2) is 36.7 Å². The Morgan fingerprint density at radius 2 is 2.05 bits per heavy atom. The second kappa shape index (κ2) is 5.92. The van der Waals surface area contributed by atoms with E-state index in [-0.39, 0.29) is 17.9 Å². The number of carboxylic acid groups (broad SMARTS) is 1. The molecule has 0 saturated heterocycles. The molecule has 0 aliphatic heterocycles. The van der Waals surface area contributed by atoms with Crippen molar-refractivity contribution in [3.8, 4) is 0 Å². The predicted octanol–water partition coefficient (Wildman–Crippen LogP) is 1.63. The van der Waals surface area contributed by atoms with Crippen LogP contribution in [0.2, 0.25) is 0 Å². The summed E-state index contributed by atoms with van der Waals surface area (Å²) in [5.74, 6) is -0.393. The number of nitrogens with zero attached hydrogens (tertiary/aromatic N) is 3. The first-order valence-corrected chi connectivity index (χ1v) is 7.45. The van der Waals surface area contributed by atoms with E-state index in [4.69, 9.17) is 5.11 Å². The molecule has 0 atom stereocenters. The lowest BCUT2D eigenvalue weighted by molar-refractivity contribution is -0.133. The number of rotatable bonds is 5. The van der Waals surface area contributed by atoms with Crippen molar-refractivity contribution in [2.45, 2.75) is 56.3 Å². The molecule has 7 heteroatoms. The van der Waals surface area contributed by atoms with E-state index < -0.39 is 5.97 Å². The lowest BCUT2D eigenvalue weighted by atomic mass is 9.83. The second-order valence-corrected chi connectivity index (χ2v) is 6.07. The van der Waals surface area contributed by atoms with Crippen LogP contribution < -0.4 is 0 Å². The van der Waals surface area contributed by atoms with Crippen molar-refractivity contribution in [3.05, 3.63) is 5.82 Å². The first-order valence-electron chi connectivity index (χ1n) is 6.47. The summed E-state index contributed by atoms with van der Waals surface area (Å²) >= 11 is 1.16. The molecule has 6 nitrogen and oxygen atoms in total. The molecule has 1 aliphatic carbocycles. The number of thioether (sulfide) groups is 1. The van der Waals surface area contributed by atoms with Gasteiger partial charge in [0.15, 0.2) is 11.0 Å². The molecule has 0 bridgehead atoms. The van der Waals surface area contributed by atoms with Gasteiger partial charge in [-0.25, -0.2) is 0 Å². The van der Waals surface area contributed by atoms with Gasteiger partial charge in [-0.3, -0.25) is 9.36 Å². The van der Waals surface area contributed by atoms with E-state index in [1.165, 1.54) is 6.42 Å². The van der Waals surface area contributed by atoms with Gasteiger partial charge in [0.05, 0.1) is 5.75 Å². The van der Waals surface area contributed by atoms with Crippen molar-refractivity contribution in [1.29, 1.82) is 0 Å². The van der Waals surface area contributed by atoms with Gasteiger partial charge >= 0.3 is 5.97 Å². The van der Waals surface area contributed by atoms with Gasteiger partial charge in [0.1, 0.15) is 6.61 Å². The fraction of sp³-hybridized carbons (Fsp3) is 0.750. The topological polar surface area (TPSA) is 88.2 Å². The van der Waals surface area contributed by atoms with Crippen LogP contribution in [0, 0.1) is 0 Å². The quantitative estimate of drug-likeness (QED) is 0.799. The fourth-order valence-electron chi connectivity index (χ4n) is 2.70. The summed E-state index contributed by atoms with van der Waals surface area (Å²) < 4.78 is 1.94. The minimum absolute atomic E-state index is 0.0420. The Balaban J connectivity index is 2.29. The molecular formula is C12H19N3O3S. The summed E-state index contributed by atoms with van der Waals surface area (Å²) in [4.78, 5) is 10.7. The summed E-state index contributed by atoms with van der Waals surface area (Å²) in [5.41, 5.74) is -0.110. The van der Waals surface area contributed by atoms with Crippen molar-refractivity contribution in [3.63, 3.8) is 0 Å². The van der Waals surface area contributed by atoms with Crippen molar-refractivity contribution in [1.82, 2.24) is 14.8 Å². The monoisotopic (exact) mass is 285 g/mol. The molecule has 1 aromatic heterocycles. The number of carbonyl (C=O) groups is 1. The number of hydrogen-bond donors (Lipinski definition) is 2. The van der Waals surface area contributed by atoms with Gasteiger partial charge < -0.3 is 10.2 Å². The van der Waals surface area contributed by atoms with Crippen LogP contribution >= 0.6 is 11.8 Å². The van der Waals surface area contributed by atoms with E-state index in [0.717, 1.165) is 37.4 Å². The van der Waals surface area contributed by atoms with E-state index in [1.54, 1.807) is 0 Å². The first-order chi connectivity index (χ1) is 9.07. The lowest BCUT2D eigenvalue weighted by Crippen LogP contribution is -2.34. The normalized spacial score (nSPS) is 18.4. The highest BCUT2D eigenvalue weighted by Gasteiger charge is 2.33. The highest BCUT2D eigenvalue weighted by molar-refractivity contribution is 7.99. The lowest BCUT2D eigenvalue weighted by Gasteiger charge is -2.36. The second-order valence-electron chi connectivity index (χ2n) is 5.13. The molecule has 0 amide bonds. The third kappa shape index (κ3) is 3.09. The van der Waals surface area contributed by atoms with Gasteiger partial charge in [-0.15, -0.1) is 10.2 Å². The van der Waals surface area contributed by atoms with Crippen LogP contribution in [0.25, 0.3) is 0 Å². The Labute approximate surface area is 116 Å². The van der Waals surface area contributed by atoms with Crippen LogP contribution in [-0.2, 0) is 16.9 Å². The molecule has 2 rings (SSSR count). The molecule has 1 aromatic rings. The average molecular weight is 285 g/mol. The number of carboxylic acids is 1. The van der Waals surface area contributed by atoms with Gasteiger partial charge in [0.25, 0.3) is 0 Å². The van der Waals surface area contributed by atoms with Gasteiger partial charge in [0.2, 0.25) is 0 Å². The smallest absolute Gasteiger partial charge is 0.313 e. The average Bonchev–Trinajstić information content (AvgIpc) is 2.81. The number of aliphatic hydroxyl groups is 1. The van der Waals surface area contributed by atoms with E-state index in [9.17, 15) is 9.90 Å². The Bertz CT molecular complexity index is 455. The van der Waals surface area contributed by atoms with Gasteiger partial charge in [0, 0.05) is 5.54 Å². The Kier molecular flexibility index (Phi) is 4.46. The minimum atomic E-state index is -0.876. The number of hydrogen-bond acceptors (Lipinski definition) is 5. The summed E-state index contributed by atoms with van der Waals surface area (Å²) in [5, 5.41) is 26.8. The molecule has 1 saturated carbocycles. The zero-order valence-electron chi connectivity index (χ0n) is 11.0. The third-order valence-corrected chi connectivity index (χ3v) is 4.55. The molecule has 106 valence electrons. The third-order valence-electron chi connectivity index (χ3n) is 3.64. The van der Waals surface area contributed by atoms with E-state index >= 15 is 0 Å². The van der Waals surface area contributed by atoms with Crippen molar-refractivity contribution < 1.29 is 15.0 Å². The maximum absolute atomic E-state index is 10.7. The Hall–Kier alpha value is -1.08. The summed E-state index contributed by atoms with van der Waals surface area (Å²) in [7, 11) is 0. The summed E-state index contributed by atoms with van der Waals surface area (Å²) in [6, 6.07) is 0. The summed E-state index contributed by atoms with van der Waals surface area (Å²) in [6.45, 7) is 1.97. The molecule has 0 aromatic carbocycles. The number of aliphatic carboxylic acids is 1. The molecule has 0 unspecified atom stereocenters. The molecule has 1 heterocycles. The Morgan fingerprint density at radius 3 is 2.63 bits per heavy atom. The van der Waals surface area contributed by atoms with Crippen LogP contribution in [0.4, 0.5) is 0 Å². The van der Waals surface area contributed by atoms with E-state index in [2.05, 4.69) is 17.1 Å². The molecule has 2 N–H and O–H groups in total. The Morgan fingerprint density at radius 1 is 1.37 bits per heavy atom. The molecule has 1 aliphatic rings. The zero-order valence-corrected chi connectivity index (χ0v) is 11.8. The standard InChI is InChI=1S/C12H19N3O3S/c1-12(5-3-2-4-6-12)15-9(7-16)13-14-11(15)19-8-10(17)18/h16H,2-8H2,1H3,(H,17,18). The van der Waals surface area contributed by atoms with Gasteiger partial charge in [-0.2, -0.15) is 0 Å². The number of aliphatic hydroxyl groups excluding tert-OH is 1. The van der Waals surface area contributed by atoms with Crippen LogP contribution in [0.3, 0.4) is 0 Å². The van der Waals surface area contributed by atoms with Crippen LogP contribution in [0.1, 0.15) is 44.9 Å². The molecular weight excluding hydrogens is 266 g/mol. The van der Waals surface area contributed by atoms with E-state index in [1.807, 2.05) is 4.57 Å². The molecule has 1 fully saturated rings. The van der Waals surface area contributed by atoms with Crippen LogP contribution in [0.5, 0.6) is 0 Å². The maximum Gasteiger partial charge on any atom is 0.313 e. The fourth-order valence-corrected chi connectivity index (χ4v) is 3.51. The number of aromatic nitrogens is 3.